The maximum Gasteiger partial charge on any atom is 0.232 e. The first-order valence-corrected chi connectivity index (χ1v) is 12.9. The van der Waals surface area contributed by atoms with Crippen molar-refractivity contribution in [1.82, 2.24) is 4.98 Å². The number of fused-ring (bicyclic) bond motifs is 3. The number of rotatable bonds is 4. The van der Waals surface area contributed by atoms with Crippen LogP contribution in [0, 0.1) is 12.3 Å². The van der Waals surface area contributed by atoms with Gasteiger partial charge in [-0.25, -0.2) is 4.98 Å². The lowest BCUT2D eigenvalue weighted by atomic mass is 9.69. The van der Waals surface area contributed by atoms with Crippen molar-refractivity contribution in [3.05, 3.63) is 107 Å². The van der Waals surface area contributed by atoms with E-state index >= 15 is 0 Å². The highest BCUT2D eigenvalue weighted by Gasteiger charge is 2.43. The van der Waals surface area contributed by atoms with Crippen molar-refractivity contribution in [3.8, 4) is 22.8 Å². The number of nitrogens with zero attached hydrogens (tertiary/aromatic N) is 1. The van der Waals surface area contributed by atoms with Crippen molar-refractivity contribution in [2.24, 2.45) is 5.41 Å². The molecule has 0 aliphatic carbocycles. The molecule has 0 saturated heterocycles. The van der Waals surface area contributed by atoms with E-state index in [0.29, 0.717) is 5.13 Å². The average Bonchev–Trinajstić information content (AvgIpc) is 3.35. The molecule has 4 aromatic carbocycles. The van der Waals surface area contributed by atoms with Crippen LogP contribution in [0.15, 0.2) is 90.3 Å². The van der Waals surface area contributed by atoms with Gasteiger partial charge in [-0.3, -0.25) is 4.79 Å². The fourth-order valence-electron chi connectivity index (χ4n) is 5.20. The van der Waals surface area contributed by atoms with E-state index in [0.717, 1.165) is 39.3 Å². The first-order chi connectivity index (χ1) is 17.4. The molecule has 1 amide bonds. The SMILES string of the molecule is Cc1ccc(-c2csc(NC(=O)C(C)(C)C3c4ccccc4Oc4ccccc43)n2)c2ccccc12. The summed E-state index contributed by atoms with van der Waals surface area (Å²) >= 11 is 1.45. The number of anilines is 1. The molecule has 4 nitrogen and oxygen atoms in total. The molecule has 5 aromatic rings. The van der Waals surface area contributed by atoms with Crippen LogP contribution in [-0.4, -0.2) is 10.9 Å². The third kappa shape index (κ3) is 3.67. The Morgan fingerprint density at radius 1 is 0.861 bits per heavy atom. The number of aromatic nitrogens is 1. The number of hydrogen-bond donors (Lipinski definition) is 1. The molecule has 0 bridgehead atoms. The molecule has 36 heavy (non-hydrogen) atoms. The molecule has 1 aliphatic rings. The lowest BCUT2D eigenvalue weighted by Gasteiger charge is -2.38. The summed E-state index contributed by atoms with van der Waals surface area (Å²) in [6.07, 6.45) is 0. The smallest absolute Gasteiger partial charge is 0.232 e. The minimum Gasteiger partial charge on any atom is -0.457 e. The van der Waals surface area contributed by atoms with Crippen LogP contribution in [0.1, 0.15) is 36.5 Å². The fraction of sp³-hybridized carbons (Fsp3) is 0.161. The second kappa shape index (κ2) is 8.61. The maximum absolute atomic E-state index is 13.8. The predicted octanol–water partition coefficient (Wildman–Crippen LogP) is 8.17. The molecule has 2 heterocycles. The second-order valence-electron chi connectivity index (χ2n) is 9.80. The summed E-state index contributed by atoms with van der Waals surface area (Å²) in [7, 11) is 0. The van der Waals surface area contributed by atoms with Crippen LogP contribution >= 0.6 is 11.3 Å². The van der Waals surface area contributed by atoms with E-state index in [4.69, 9.17) is 9.72 Å². The molecule has 0 spiro atoms. The maximum atomic E-state index is 13.8. The van der Waals surface area contributed by atoms with E-state index in [1.807, 2.05) is 61.7 Å². The number of thiazole rings is 1. The molecule has 5 heteroatoms. The van der Waals surface area contributed by atoms with Gasteiger partial charge in [0.2, 0.25) is 5.91 Å². The molecule has 1 aliphatic heterocycles. The summed E-state index contributed by atoms with van der Waals surface area (Å²) in [5.74, 6) is 1.36. The summed E-state index contributed by atoms with van der Waals surface area (Å²) < 4.78 is 6.15. The van der Waals surface area contributed by atoms with Gasteiger partial charge in [0.15, 0.2) is 5.13 Å². The van der Waals surface area contributed by atoms with Gasteiger partial charge in [-0.1, -0.05) is 86.6 Å². The van der Waals surface area contributed by atoms with Crippen LogP contribution in [0.3, 0.4) is 0 Å². The Balaban J connectivity index is 1.33. The Labute approximate surface area is 214 Å². The van der Waals surface area contributed by atoms with Gasteiger partial charge in [0.25, 0.3) is 0 Å². The molecular weight excluding hydrogens is 464 g/mol. The number of para-hydroxylation sites is 2. The first-order valence-electron chi connectivity index (χ1n) is 12.0. The summed E-state index contributed by atoms with van der Waals surface area (Å²) in [5, 5.41) is 8.11. The zero-order valence-electron chi connectivity index (χ0n) is 20.4. The quantitative estimate of drug-likeness (QED) is 0.276. The highest BCUT2D eigenvalue weighted by molar-refractivity contribution is 7.14. The number of amides is 1. The van der Waals surface area contributed by atoms with E-state index in [1.54, 1.807) is 0 Å². The molecule has 0 atom stereocenters. The van der Waals surface area contributed by atoms with Gasteiger partial charge in [0.05, 0.1) is 11.1 Å². The van der Waals surface area contributed by atoms with Gasteiger partial charge in [0, 0.05) is 28.0 Å². The van der Waals surface area contributed by atoms with Crippen molar-refractivity contribution in [2.45, 2.75) is 26.7 Å². The number of ether oxygens (including phenoxy) is 1. The van der Waals surface area contributed by atoms with Crippen LogP contribution in [0.25, 0.3) is 22.0 Å². The summed E-state index contributed by atoms with van der Waals surface area (Å²) in [6, 6.07) is 28.5. The predicted molar refractivity (Wildman–Crippen MR) is 147 cm³/mol. The second-order valence-corrected chi connectivity index (χ2v) is 10.7. The Kier molecular flexibility index (Phi) is 5.38. The topological polar surface area (TPSA) is 51.2 Å². The molecule has 0 fully saturated rings. The summed E-state index contributed by atoms with van der Waals surface area (Å²) in [6.45, 7) is 6.11. The fourth-order valence-corrected chi connectivity index (χ4v) is 5.91. The number of hydrogen-bond acceptors (Lipinski definition) is 4. The third-order valence-corrected chi connectivity index (χ3v) is 7.89. The zero-order valence-corrected chi connectivity index (χ0v) is 21.2. The molecular formula is C31H26N2O2S. The standard InChI is InChI=1S/C31H26N2O2S/c1-19-16-17-22(21-11-5-4-10-20(19)21)25-18-36-30(32-25)33-29(34)31(2,3)28-23-12-6-8-14-26(23)35-27-15-9-7-13-24(27)28/h4-18,28H,1-3H3,(H,32,33,34). The van der Waals surface area contributed by atoms with Crippen molar-refractivity contribution in [3.63, 3.8) is 0 Å². The number of aryl methyl sites for hydroxylation is 1. The minimum atomic E-state index is -0.752. The van der Waals surface area contributed by atoms with E-state index < -0.39 is 5.41 Å². The van der Waals surface area contributed by atoms with Crippen LogP contribution in [-0.2, 0) is 4.79 Å². The van der Waals surface area contributed by atoms with Gasteiger partial charge in [-0.15, -0.1) is 11.3 Å². The minimum absolute atomic E-state index is 0.0753. The van der Waals surface area contributed by atoms with Crippen LogP contribution in [0.5, 0.6) is 11.5 Å². The molecule has 0 radical (unpaired) electrons. The number of benzene rings is 4. The molecule has 0 saturated carbocycles. The highest BCUT2D eigenvalue weighted by atomic mass is 32.1. The van der Waals surface area contributed by atoms with E-state index in [-0.39, 0.29) is 11.8 Å². The Morgan fingerprint density at radius 2 is 1.47 bits per heavy atom. The van der Waals surface area contributed by atoms with Gasteiger partial charge in [0.1, 0.15) is 11.5 Å². The van der Waals surface area contributed by atoms with Gasteiger partial charge < -0.3 is 10.1 Å². The largest absolute Gasteiger partial charge is 0.457 e. The van der Waals surface area contributed by atoms with Crippen molar-refractivity contribution in [2.75, 3.05) is 5.32 Å². The highest BCUT2D eigenvalue weighted by Crippen LogP contribution is 2.52. The van der Waals surface area contributed by atoms with E-state index in [1.165, 1.54) is 22.3 Å². The van der Waals surface area contributed by atoms with E-state index in [2.05, 4.69) is 54.7 Å². The molecule has 178 valence electrons. The van der Waals surface area contributed by atoms with Crippen molar-refractivity contribution >= 4 is 33.1 Å². The van der Waals surface area contributed by atoms with Gasteiger partial charge in [-0.05, 0) is 35.4 Å². The molecule has 0 unspecified atom stereocenters. The Morgan fingerprint density at radius 3 is 2.17 bits per heavy atom. The zero-order chi connectivity index (χ0) is 24.9. The Bertz CT molecular complexity index is 1570. The normalized spacial score (nSPS) is 13.1. The lowest BCUT2D eigenvalue weighted by Crippen LogP contribution is -2.38. The van der Waals surface area contributed by atoms with Crippen LogP contribution in [0.4, 0.5) is 5.13 Å². The van der Waals surface area contributed by atoms with Gasteiger partial charge >= 0.3 is 0 Å². The molecule has 6 rings (SSSR count). The van der Waals surface area contributed by atoms with Gasteiger partial charge in [-0.2, -0.15) is 0 Å². The summed E-state index contributed by atoms with van der Waals surface area (Å²) in [4.78, 5) is 18.6. The lowest BCUT2D eigenvalue weighted by molar-refractivity contribution is -0.124. The monoisotopic (exact) mass is 490 g/mol. The molecule has 1 N–H and O–H groups in total. The number of carbonyl (C=O) groups excluding carboxylic acids is 1. The summed E-state index contributed by atoms with van der Waals surface area (Å²) in [5.41, 5.74) is 4.45. The van der Waals surface area contributed by atoms with Crippen LogP contribution in [0.2, 0.25) is 0 Å². The molecule has 1 aromatic heterocycles. The van der Waals surface area contributed by atoms with Crippen molar-refractivity contribution in [1.29, 1.82) is 0 Å². The Hall–Kier alpha value is -3.96. The average molecular weight is 491 g/mol. The first kappa shape index (κ1) is 22.5. The number of carbonyl (C=O) groups is 1. The number of nitrogens with one attached hydrogen (secondary N) is 1. The third-order valence-electron chi connectivity index (χ3n) is 7.13. The van der Waals surface area contributed by atoms with Crippen LogP contribution < -0.4 is 10.1 Å². The van der Waals surface area contributed by atoms with E-state index in [9.17, 15) is 4.79 Å². The van der Waals surface area contributed by atoms with Crippen molar-refractivity contribution < 1.29 is 9.53 Å².